The standard InChI is InChI=1S/C23H27ClN4O2/c24-19-5-4-8-21(17-19)26-13-15-27(16-14-26)22(29)18-9-11-28(12-10-18)23(30)25-20-6-2-1-3-7-20/h1-8,17-18H,9-16H2,(H,25,30). The Labute approximate surface area is 182 Å². The Morgan fingerprint density at radius 1 is 0.833 bits per heavy atom. The minimum absolute atomic E-state index is 0.00324. The van der Waals surface area contributed by atoms with Gasteiger partial charge in [0.25, 0.3) is 0 Å². The number of hydrogen-bond acceptors (Lipinski definition) is 3. The highest BCUT2D eigenvalue weighted by Gasteiger charge is 2.31. The van der Waals surface area contributed by atoms with Crippen molar-refractivity contribution >= 4 is 34.9 Å². The number of hydrogen-bond donors (Lipinski definition) is 1. The second kappa shape index (κ2) is 9.39. The summed E-state index contributed by atoms with van der Waals surface area (Å²) >= 11 is 6.10. The lowest BCUT2D eigenvalue weighted by molar-refractivity contribution is -0.137. The Balaban J connectivity index is 1.24. The molecule has 4 rings (SSSR count). The van der Waals surface area contributed by atoms with Crippen LogP contribution in [-0.2, 0) is 4.79 Å². The fourth-order valence-electron chi connectivity index (χ4n) is 4.17. The van der Waals surface area contributed by atoms with Gasteiger partial charge in [-0.05, 0) is 43.2 Å². The number of halogens is 1. The first-order valence-corrected chi connectivity index (χ1v) is 10.9. The summed E-state index contributed by atoms with van der Waals surface area (Å²) < 4.78 is 0. The van der Waals surface area contributed by atoms with Crippen LogP contribution < -0.4 is 10.2 Å². The molecule has 0 saturated carbocycles. The van der Waals surface area contributed by atoms with Gasteiger partial charge in [0, 0.05) is 61.6 Å². The van der Waals surface area contributed by atoms with Crippen molar-refractivity contribution in [3.63, 3.8) is 0 Å². The van der Waals surface area contributed by atoms with Gasteiger partial charge >= 0.3 is 6.03 Å². The molecule has 0 spiro atoms. The fourth-order valence-corrected chi connectivity index (χ4v) is 4.35. The predicted molar refractivity (Wildman–Crippen MR) is 120 cm³/mol. The van der Waals surface area contributed by atoms with Gasteiger partial charge < -0.3 is 20.0 Å². The molecule has 7 heteroatoms. The second-order valence-electron chi connectivity index (χ2n) is 7.85. The number of carbonyl (C=O) groups is 2. The highest BCUT2D eigenvalue weighted by Crippen LogP contribution is 2.24. The highest BCUT2D eigenvalue weighted by atomic mass is 35.5. The Kier molecular flexibility index (Phi) is 6.43. The summed E-state index contributed by atoms with van der Waals surface area (Å²) in [5, 5.41) is 3.65. The van der Waals surface area contributed by atoms with E-state index in [9.17, 15) is 9.59 Å². The Morgan fingerprint density at radius 2 is 1.53 bits per heavy atom. The number of piperidine rings is 1. The third-order valence-corrected chi connectivity index (χ3v) is 6.16. The van der Waals surface area contributed by atoms with E-state index in [1.165, 1.54) is 0 Å². The van der Waals surface area contributed by atoms with Crippen LogP contribution in [0, 0.1) is 5.92 Å². The van der Waals surface area contributed by atoms with Crippen molar-refractivity contribution in [1.82, 2.24) is 9.80 Å². The van der Waals surface area contributed by atoms with E-state index < -0.39 is 0 Å². The van der Waals surface area contributed by atoms with Crippen LogP contribution in [0.2, 0.25) is 5.02 Å². The van der Waals surface area contributed by atoms with Gasteiger partial charge in [-0.1, -0.05) is 35.9 Å². The number of likely N-dealkylation sites (tertiary alicyclic amines) is 1. The molecule has 0 radical (unpaired) electrons. The first-order valence-electron chi connectivity index (χ1n) is 10.5. The maximum Gasteiger partial charge on any atom is 0.321 e. The number of urea groups is 1. The number of para-hydroxylation sites is 1. The molecule has 3 amide bonds. The van der Waals surface area contributed by atoms with Crippen LogP contribution in [0.15, 0.2) is 54.6 Å². The Hall–Kier alpha value is -2.73. The molecule has 0 aliphatic carbocycles. The summed E-state index contributed by atoms with van der Waals surface area (Å²) in [5.74, 6) is 0.229. The maximum atomic E-state index is 13.0. The largest absolute Gasteiger partial charge is 0.368 e. The van der Waals surface area contributed by atoms with Crippen molar-refractivity contribution in [2.75, 3.05) is 49.5 Å². The smallest absolute Gasteiger partial charge is 0.321 e. The normalized spacial score (nSPS) is 17.7. The van der Waals surface area contributed by atoms with Gasteiger partial charge in [-0.2, -0.15) is 0 Å². The number of amides is 3. The number of rotatable bonds is 3. The van der Waals surface area contributed by atoms with Gasteiger partial charge in [0.1, 0.15) is 0 Å². The topological polar surface area (TPSA) is 55.9 Å². The summed E-state index contributed by atoms with van der Waals surface area (Å²) in [6.45, 7) is 4.28. The van der Waals surface area contributed by atoms with Crippen molar-refractivity contribution in [2.45, 2.75) is 12.8 Å². The van der Waals surface area contributed by atoms with Crippen molar-refractivity contribution in [3.8, 4) is 0 Å². The zero-order valence-electron chi connectivity index (χ0n) is 17.0. The monoisotopic (exact) mass is 426 g/mol. The lowest BCUT2D eigenvalue weighted by Crippen LogP contribution is -2.52. The van der Waals surface area contributed by atoms with Crippen molar-refractivity contribution < 1.29 is 9.59 Å². The number of benzene rings is 2. The lowest BCUT2D eigenvalue weighted by atomic mass is 9.95. The van der Waals surface area contributed by atoms with E-state index in [2.05, 4.69) is 16.3 Å². The molecule has 2 aliphatic heterocycles. The van der Waals surface area contributed by atoms with Crippen LogP contribution in [0.5, 0.6) is 0 Å². The number of carbonyl (C=O) groups excluding carboxylic acids is 2. The number of piperazine rings is 1. The molecule has 0 aromatic heterocycles. The van der Waals surface area contributed by atoms with Crippen molar-refractivity contribution in [3.05, 3.63) is 59.6 Å². The van der Waals surface area contributed by atoms with E-state index in [1.807, 2.05) is 53.4 Å². The summed E-state index contributed by atoms with van der Waals surface area (Å²) in [6, 6.07) is 17.2. The van der Waals surface area contributed by atoms with Crippen molar-refractivity contribution in [1.29, 1.82) is 0 Å². The van der Waals surface area contributed by atoms with Gasteiger partial charge in [0.15, 0.2) is 0 Å². The molecule has 6 nitrogen and oxygen atoms in total. The molecule has 158 valence electrons. The van der Waals surface area contributed by atoms with Gasteiger partial charge in [0.2, 0.25) is 5.91 Å². The molecule has 0 unspecified atom stereocenters. The van der Waals surface area contributed by atoms with Crippen LogP contribution in [0.25, 0.3) is 0 Å². The molecule has 1 N–H and O–H groups in total. The van der Waals surface area contributed by atoms with Crippen LogP contribution in [0.3, 0.4) is 0 Å². The number of nitrogens with one attached hydrogen (secondary N) is 1. The van der Waals surface area contributed by atoms with E-state index in [0.29, 0.717) is 13.1 Å². The lowest BCUT2D eigenvalue weighted by Gasteiger charge is -2.39. The summed E-state index contributed by atoms with van der Waals surface area (Å²) in [6.07, 6.45) is 1.44. The Morgan fingerprint density at radius 3 is 2.20 bits per heavy atom. The van der Waals surface area contributed by atoms with E-state index in [4.69, 9.17) is 11.6 Å². The van der Waals surface area contributed by atoms with Gasteiger partial charge in [-0.25, -0.2) is 4.79 Å². The highest BCUT2D eigenvalue weighted by molar-refractivity contribution is 6.30. The average Bonchev–Trinajstić information content (AvgIpc) is 2.79. The zero-order valence-corrected chi connectivity index (χ0v) is 17.7. The second-order valence-corrected chi connectivity index (χ2v) is 8.29. The van der Waals surface area contributed by atoms with E-state index in [-0.39, 0.29) is 17.9 Å². The van der Waals surface area contributed by atoms with Gasteiger partial charge in [-0.15, -0.1) is 0 Å². The minimum atomic E-state index is -0.0952. The van der Waals surface area contributed by atoms with E-state index >= 15 is 0 Å². The predicted octanol–water partition coefficient (Wildman–Crippen LogP) is 3.93. The first kappa shape index (κ1) is 20.5. The van der Waals surface area contributed by atoms with E-state index in [1.54, 1.807) is 4.90 Å². The molecule has 2 fully saturated rings. The number of nitrogens with zero attached hydrogens (tertiary/aromatic N) is 3. The van der Waals surface area contributed by atoms with Gasteiger partial charge in [-0.3, -0.25) is 4.79 Å². The third kappa shape index (κ3) is 4.87. The quantitative estimate of drug-likeness (QED) is 0.808. The molecule has 0 bridgehead atoms. The maximum absolute atomic E-state index is 13.0. The summed E-state index contributed by atoms with van der Waals surface area (Å²) in [5.41, 5.74) is 1.89. The molecule has 30 heavy (non-hydrogen) atoms. The minimum Gasteiger partial charge on any atom is -0.368 e. The molecule has 2 heterocycles. The van der Waals surface area contributed by atoms with Crippen LogP contribution >= 0.6 is 11.6 Å². The van der Waals surface area contributed by atoms with Crippen LogP contribution in [0.1, 0.15) is 12.8 Å². The average molecular weight is 427 g/mol. The van der Waals surface area contributed by atoms with Gasteiger partial charge in [0.05, 0.1) is 0 Å². The molecular weight excluding hydrogens is 400 g/mol. The molecule has 2 aliphatic rings. The van der Waals surface area contributed by atoms with E-state index in [0.717, 1.165) is 55.4 Å². The third-order valence-electron chi connectivity index (χ3n) is 5.92. The SMILES string of the molecule is O=C(Nc1ccccc1)N1CCC(C(=O)N2CCN(c3cccc(Cl)c3)CC2)CC1. The first-order chi connectivity index (χ1) is 14.6. The van der Waals surface area contributed by atoms with Crippen LogP contribution in [0.4, 0.5) is 16.2 Å². The molecule has 2 saturated heterocycles. The van der Waals surface area contributed by atoms with Crippen molar-refractivity contribution in [2.24, 2.45) is 5.92 Å². The molecule has 0 atom stereocenters. The Bertz CT molecular complexity index is 876. The fraction of sp³-hybridized carbons (Fsp3) is 0.391. The van der Waals surface area contributed by atoms with Crippen LogP contribution in [-0.4, -0.2) is 61.0 Å². The molecule has 2 aromatic rings. The molecular formula is C23H27ClN4O2. The summed E-state index contributed by atoms with van der Waals surface area (Å²) in [7, 11) is 0. The summed E-state index contributed by atoms with van der Waals surface area (Å²) in [4.78, 5) is 31.5. The molecule has 2 aromatic carbocycles. The zero-order chi connectivity index (χ0) is 20.9. The number of anilines is 2.